The van der Waals surface area contributed by atoms with E-state index in [1.54, 1.807) is 5.56 Å². The molecule has 0 amide bonds. The van der Waals surface area contributed by atoms with E-state index in [-0.39, 0.29) is 5.82 Å². The second kappa shape index (κ2) is 17.2. The first-order valence-electron chi connectivity index (χ1n) is 19.0. The molecule has 0 atom stereocenters. The van der Waals surface area contributed by atoms with Crippen LogP contribution in [0.5, 0.6) is 0 Å². The van der Waals surface area contributed by atoms with Gasteiger partial charge in [0.05, 0.1) is 0 Å². The van der Waals surface area contributed by atoms with E-state index in [4.69, 9.17) is 0 Å². The van der Waals surface area contributed by atoms with Gasteiger partial charge in [-0.15, -0.1) is 0 Å². The molecule has 3 aliphatic carbocycles. The Morgan fingerprint density at radius 3 is 1.37 bits per heavy atom. The van der Waals surface area contributed by atoms with E-state index in [0.29, 0.717) is 17.8 Å². The molecule has 3 saturated carbocycles. The van der Waals surface area contributed by atoms with Gasteiger partial charge in [-0.25, -0.2) is 4.39 Å². The third-order valence-electron chi connectivity index (χ3n) is 12.2. The Labute approximate surface area is 265 Å². The molecule has 0 unspecified atom stereocenters. The second-order valence-corrected chi connectivity index (χ2v) is 15.1. The molecule has 0 radical (unpaired) electrons. The third kappa shape index (κ3) is 9.43. The molecule has 0 saturated heterocycles. The van der Waals surface area contributed by atoms with Gasteiger partial charge in [-0.3, -0.25) is 0 Å². The smallest absolute Gasteiger partial charge is 0.126 e. The molecule has 43 heavy (non-hydrogen) atoms. The molecule has 0 bridgehead atoms. The predicted molar refractivity (Wildman–Crippen MR) is 184 cm³/mol. The van der Waals surface area contributed by atoms with Crippen LogP contribution in [-0.2, 0) is 0 Å². The van der Waals surface area contributed by atoms with Gasteiger partial charge in [0.1, 0.15) is 5.82 Å². The van der Waals surface area contributed by atoms with Crippen molar-refractivity contribution in [3.8, 4) is 0 Å². The van der Waals surface area contributed by atoms with Crippen molar-refractivity contribution >= 4 is 0 Å². The highest BCUT2D eigenvalue weighted by Gasteiger charge is 2.28. The van der Waals surface area contributed by atoms with E-state index in [1.165, 1.54) is 152 Å². The van der Waals surface area contributed by atoms with E-state index in [1.807, 2.05) is 6.07 Å². The molecule has 0 aromatic heterocycles. The minimum Gasteiger partial charge on any atom is -0.207 e. The highest BCUT2D eigenvalue weighted by molar-refractivity contribution is 5.32. The number of rotatable bonds is 14. The van der Waals surface area contributed by atoms with E-state index < -0.39 is 0 Å². The van der Waals surface area contributed by atoms with Crippen LogP contribution in [0.15, 0.2) is 42.5 Å². The fraction of sp³-hybridized carbons (Fsp3) is 0.714. The molecule has 0 nitrogen and oxygen atoms in total. The average Bonchev–Trinajstić information content (AvgIpc) is 3.06. The van der Waals surface area contributed by atoms with Crippen LogP contribution in [0, 0.1) is 17.7 Å². The van der Waals surface area contributed by atoms with Crippen LogP contribution in [0.4, 0.5) is 4.39 Å². The summed E-state index contributed by atoms with van der Waals surface area (Å²) in [5.41, 5.74) is 5.37. The quantitative estimate of drug-likeness (QED) is 0.193. The van der Waals surface area contributed by atoms with Crippen LogP contribution < -0.4 is 0 Å². The van der Waals surface area contributed by atoms with Gasteiger partial charge in [-0.1, -0.05) is 114 Å². The summed E-state index contributed by atoms with van der Waals surface area (Å²) in [5, 5.41) is 0. The van der Waals surface area contributed by atoms with Crippen LogP contribution in [0.3, 0.4) is 0 Å². The molecule has 3 fully saturated rings. The van der Waals surface area contributed by atoms with Gasteiger partial charge in [0.2, 0.25) is 0 Å². The van der Waals surface area contributed by atoms with Gasteiger partial charge in [-0.05, 0) is 141 Å². The normalized spacial score (nSPS) is 28.2. The summed E-state index contributed by atoms with van der Waals surface area (Å²) in [6.07, 6.45) is 29.4. The van der Waals surface area contributed by atoms with Crippen molar-refractivity contribution in [2.24, 2.45) is 11.8 Å². The van der Waals surface area contributed by atoms with E-state index in [9.17, 15) is 0 Å². The van der Waals surface area contributed by atoms with Crippen molar-refractivity contribution in [1.82, 2.24) is 0 Å². The lowest BCUT2D eigenvalue weighted by Gasteiger charge is -2.31. The van der Waals surface area contributed by atoms with Crippen molar-refractivity contribution in [1.29, 1.82) is 0 Å². The molecule has 2 aromatic carbocycles. The molecule has 2 aromatic rings. The molecule has 0 N–H and O–H groups in total. The van der Waals surface area contributed by atoms with Crippen LogP contribution in [0.1, 0.15) is 201 Å². The van der Waals surface area contributed by atoms with E-state index in [2.05, 4.69) is 50.2 Å². The Balaban J connectivity index is 1.04. The molecule has 3 aliphatic rings. The molecule has 1 heteroatoms. The summed E-state index contributed by atoms with van der Waals surface area (Å²) in [7, 11) is 0. The zero-order valence-corrected chi connectivity index (χ0v) is 27.9. The highest BCUT2D eigenvalue weighted by Crippen LogP contribution is 2.44. The Bertz CT molecular complexity index is 1040. The lowest BCUT2D eigenvalue weighted by Crippen LogP contribution is -2.15. The molecular weight excluding hydrogens is 523 g/mol. The molecule has 0 aliphatic heterocycles. The number of halogens is 1. The molecule has 0 spiro atoms. The number of hydrogen-bond acceptors (Lipinski definition) is 0. The third-order valence-corrected chi connectivity index (χ3v) is 12.2. The van der Waals surface area contributed by atoms with Crippen LogP contribution >= 0.6 is 0 Å². The highest BCUT2D eigenvalue weighted by atomic mass is 19.1. The first-order valence-corrected chi connectivity index (χ1v) is 19.0. The van der Waals surface area contributed by atoms with Crippen molar-refractivity contribution < 1.29 is 4.39 Å². The summed E-state index contributed by atoms with van der Waals surface area (Å²) in [4.78, 5) is 0. The summed E-state index contributed by atoms with van der Waals surface area (Å²) in [6, 6.07) is 16.2. The SMILES string of the molecule is CCCCCCCC1CCC(c2ccc(C3CCC(c4ccc(C5CCC(CCCCC)CC5)c(F)c4)CC3)cc2)CC1. The first kappa shape index (κ1) is 32.8. The molecular formula is C42H63F. The fourth-order valence-corrected chi connectivity index (χ4v) is 9.19. The maximum Gasteiger partial charge on any atom is 0.126 e. The van der Waals surface area contributed by atoms with Gasteiger partial charge >= 0.3 is 0 Å². The Morgan fingerprint density at radius 2 is 0.860 bits per heavy atom. The van der Waals surface area contributed by atoms with Gasteiger partial charge in [0, 0.05) is 0 Å². The monoisotopic (exact) mass is 586 g/mol. The van der Waals surface area contributed by atoms with E-state index in [0.717, 1.165) is 23.3 Å². The lowest BCUT2D eigenvalue weighted by molar-refractivity contribution is 0.299. The zero-order valence-electron chi connectivity index (χ0n) is 27.9. The maximum absolute atomic E-state index is 15.4. The minimum absolute atomic E-state index is 0.0747. The Morgan fingerprint density at radius 1 is 0.465 bits per heavy atom. The minimum atomic E-state index is 0.0747. The van der Waals surface area contributed by atoms with Gasteiger partial charge in [0.15, 0.2) is 0 Å². The number of hydrogen-bond donors (Lipinski definition) is 0. The van der Waals surface area contributed by atoms with Crippen molar-refractivity contribution in [2.45, 2.75) is 179 Å². The standard InChI is InChI=1S/C42H63F/c1-3-5-7-8-10-12-33-13-17-34(18-14-33)35-21-23-36(24-22-35)37-25-27-38(28-26-37)40-29-30-41(42(43)31-40)39-19-15-32(16-20-39)11-9-6-4-2/h21-24,29-34,37-39H,3-20,25-28H2,1-2H3. The summed E-state index contributed by atoms with van der Waals surface area (Å²) >= 11 is 0. The molecule has 0 heterocycles. The molecule has 5 rings (SSSR count). The summed E-state index contributed by atoms with van der Waals surface area (Å²) in [5.74, 6) is 4.35. The summed E-state index contributed by atoms with van der Waals surface area (Å²) in [6.45, 7) is 4.59. The topological polar surface area (TPSA) is 0 Å². The van der Waals surface area contributed by atoms with Crippen molar-refractivity contribution in [2.75, 3.05) is 0 Å². The number of benzene rings is 2. The fourth-order valence-electron chi connectivity index (χ4n) is 9.19. The second-order valence-electron chi connectivity index (χ2n) is 15.1. The Hall–Kier alpha value is -1.63. The number of unbranched alkanes of at least 4 members (excludes halogenated alkanes) is 6. The largest absolute Gasteiger partial charge is 0.207 e. The zero-order chi connectivity index (χ0) is 29.9. The van der Waals surface area contributed by atoms with Crippen LogP contribution in [0.2, 0.25) is 0 Å². The summed E-state index contributed by atoms with van der Waals surface area (Å²) < 4.78 is 15.4. The predicted octanol–water partition coefficient (Wildman–Crippen LogP) is 13.8. The average molecular weight is 587 g/mol. The van der Waals surface area contributed by atoms with Crippen LogP contribution in [-0.4, -0.2) is 0 Å². The molecule has 238 valence electrons. The van der Waals surface area contributed by atoms with E-state index >= 15 is 4.39 Å². The van der Waals surface area contributed by atoms with Crippen molar-refractivity contribution in [3.05, 3.63) is 70.5 Å². The lowest BCUT2D eigenvalue weighted by atomic mass is 9.74. The maximum atomic E-state index is 15.4. The van der Waals surface area contributed by atoms with Gasteiger partial charge in [-0.2, -0.15) is 0 Å². The van der Waals surface area contributed by atoms with Gasteiger partial charge < -0.3 is 0 Å². The van der Waals surface area contributed by atoms with Crippen molar-refractivity contribution in [3.63, 3.8) is 0 Å². The first-order chi connectivity index (χ1) is 21.1. The Kier molecular flexibility index (Phi) is 13.1. The van der Waals surface area contributed by atoms with Crippen LogP contribution in [0.25, 0.3) is 0 Å². The van der Waals surface area contributed by atoms with Gasteiger partial charge in [0.25, 0.3) is 0 Å².